The SMILES string of the molecule is CC(CNC1CC1)NCc1ccc(I)c(Cl)c1. The maximum absolute atomic E-state index is 6.09. The molecule has 0 bridgehead atoms. The third-order valence-electron chi connectivity index (χ3n) is 2.93. The van der Waals surface area contributed by atoms with Gasteiger partial charge in [-0.15, -0.1) is 0 Å². The van der Waals surface area contributed by atoms with Gasteiger partial charge in [-0.2, -0.15) is 0 Å². The van der Waals surface area contributed by atoms with Crippen LogP contribution >= 0.6 is 34.2 Å². The van der Waals surface area contributed by atoms with Crippen molar-refractivity contribution in [2.24, 2.45) is 0 Å². The molecule has 1 aliphatic carbocycles. The van der Waals surface area contributed by atoms with Crippen LogP contribution in [0.4, 0.5) is 0 Å². The zero-order valence-corrected chi connectivity index (χ0v) is 12.9. The number of nitrogens with one attached hydrogen (secondary N) is 2. The van der Waals surface area contributed by atoms with Gasteiger partial charge >= 0.3 is 0 Å². The van der Waals surface area contributed by atoms with Crippen molar-refractivity contribution in [3.63, 3.8) is 0 Å². The number of benzene rings is 1. The average Bonchev–Trinajstić information content (AvgIpc) is 3.12. The second kappa shape index (κ2) is 6.36. The van der Waals surface area contributed by atoms with E-state index >= 15 is 0 Å². The zero-order chi connectivity index (χ0) is 12.3. The maximum Gasteiger partial charge on any atom is 0.0542 e. The summed E-state index contributed by atoms with van der Waals surface area (Å²) in [6.45, 7) is 4.14. The second-order valence-electron chi connectivity index (χ2n) is 4.71. The topological polar surface area (TPSA) is 24.1 Å². The molecule has 0 spiro atoms. The van der Waals surface area contributed by atoms with Crippen LogP contribution in [0.5, 0.6) is 0 Å². The molecule has 1 atom stereocenters. The number of rotatable bonds is 6. The van der Waals surface area contributed by atoms with Crippen molar-refractivity contribution in [2.45, 2.75) is 38.4 Å². The highest BCUT2D eigenvalue weighted by Gasteiger charge is 2.20. The van der Waals surface area contributed by atoms with Gasteiger partial charge in [-0.1, -0.05) is 17.7 Å². The summed E-state index contributed by atoms with van der Waals surface area (Å²) in [6.07, 6.45) is 2.69. The molecule has 4 heteroatoms. The van der Waals surface area contributed by atoms with Crippen LogP contribution in [-0.2, 0) is 6.54 Å². The fourth-order valence-electron chi connectivity index (χ4n) is 1.64. The number of hydrogen-bond acceptors (Lipinski definition) is 2. The van der Waals surface area contributed by atoms with E-state index in [0.717, 1.165) is 27.7 Å². The van der Waals surface area contributed by atoms with Crippen molar-refractivity contribution in [1.29, 1.82) is 0 Å². The van der Waals surface area contributed by atoms with E-state index in [2.05, 4.69) is 52.3 Å². The van der Waals surface area contributed by atoms with Gasteiger partial charge in [0.15, 0.2) is 0 Å². The van der Waals surface area contributed by atoms with Gasteiger partial charge in [0, 0.05) is 28.7 Å². The molecule has 0 heterocycles. The summed E-state index contributed by atoms with van der Waals surface area (Å²) in [5, 5.41) is 7.87. The van der Waals surface area contributed by atoms with Gasteiger partial charge < -0.3 is 10.6 Å². The van der Waals surface area contributed by atoms with E-state index in [-0.39, 0.29) is 0 Å². The molecule has 0 aromatic heterocycles. The van der Waals surface area contributed by atoms with Crippen LogP contribution in [0, 0.1) is 3.57 Å². The predicted octanol–water partition coefficient (Wildman–Crippen LogP) is 3.17. The van der Waals surface area contributed by atoms with E-state index in [4.69, 9.17) is 11.6 Å². The molecule has 1 fully saturated rings. The van der Waals surface area contributed by atoms with Crippen LogP contribution in [0.25, 0.3) is 0 Å². The van der Waals surface area contributed by atoms with Gasteiger partial charge in [0.05, 0.1) is 5.02 Å². The average molecular weight is 365 g/mol. The Morgan fingerprint density at radius 3 is 2.88 bits per heavy atom. The normalized spacial score (nSPS) is 17.1. The van der Waals surface area contributed by atoms with Crippen LogP contribution < -0.4 is 10.6 Å². The maximum atomic E-state index is 6.09. The van der Waals surface area contributed by atoms with E-state index < -0.39 is 0 Å². The fraction of sp³-hybridized carbons (Fsp3) is 0.538. The molecule has 94 valence electrons. The minimum atomic E-state index is 0.494. The lowest BCUT2D eigenvalue weighted by atomic mass is 10.2. The summed E-state index contributed by atoms with van der Waals surface area (Å²) < 4.78 is 1.11. The summed E-state index contributed by atoms with van der Waals surface area (Å²) in [4.78, 5) is 0. The van der Waals surface area contributed by atoms with Crippen molar-refractivity contribution in [1.82, 2.24) is 10.6 Å². The zero-order valence-electron chi connectivity index (χ0n) is 9.97. The minimum Gasteiger partial charge on any atom is -0.312 e. The third-order valence-corrected chi connectivity index (χ3v) is 4.50. The van der Waals surface area contributed by atoms with E-state index in [9.17, 15) is 0 Å². The summed E-state index contributed by atoms with van der Waals surface area (Å²) in [7, 11) is 0. The van der Waals surface area contributed by atoms with E-state index in [0.29, 0.717) is 6.04 Å². The van der Waals surface area contributed by atoms with Gasteiger partial charge in [-0.3, -0.25) is 0 Å². The van der Waals surface area contributed by atoms with E-state index in [1.807, 2.05) is 6.07 Å². The largest absolute Gasteiger partial charge is 0.312 e. The Labute approximate surface area is 122 Å². The first-order chi connectivity index (χ1) is 8.15. The molecule has 1 aromatic carbocycles. The van der Waals surface area contributed by atoms with Crippen LogP contribution in [0.3, 0.4) is 0 Å². The Hall–Kier alpha value is 0.160. The molecule has 2 N–H and O–H groups in total. The Balaban J connectivity index is 1.73. The smallest absolute Gasteiger partial charge is 0.0542 e. The molecule has 0 radical (unpaired) electrons. The molecule has 1 saturated carbocycles. The van der Waals surface area contributed by atoms with Crippen molar-refractivity contribution >= 4 is 34.2 Å². The molecule has 17 heavy (non-hydrogen) atoms. The second-order valence-corrected chi connectivity index (χ2v) is 6.28. The summed E-state index contributed by atoms with van der Waals surface area (Å²) in [5.74, 6) is 0. The molecule has 0 saturated heterocycles. The van der Waals surface area contributed by atoms with Gasteiger partial charge in [-0.25, -0.2) is 0 Å². The predicted molar refractivity (Wildman–Crippen MR) is 81.5 cm³/mol. The van der Waals surface area contributed by atoms with E-state index in [1.165, 1.54) is 18.4 Å². The molecule has 0 aliphatic heterocycles. The summed E-state index contributed by atoms with van der Waals surface area (Å²) >= 11 is 8.34. The van der Waals surface area contributed by atoms with Crippen molar-refractivity contribution in [3.05, 3.63) is 32.4 Å². The molecular weight excluding hydrogens is 347 g/mol. The molecule has 2 rings (SSSR count). The van der Waals surface area contributed by atoms with Gasteiger partial charge in [0.2, 0.25) is 0 Å². The van der Waals surface area contributed by atoms with Crippen molar-refractivity contribution in [2.75, 3.05) is 6.54 Å². The highest BCUT2D eigenvalue weighted by atomic mass is 127. The van der Waals surface area contributed by atoms with Gasteiger partial charge in [0.1, 0.15) is 0 Å². The Morgan fingerprint density at radius 1 is 1.47 bits per heavy atom. The van der Waals surface area contributed by atoms with Gasteiger partial charge in [-0.05, 0) is 60.1 Å². The number of halogens is 2. The first-order valence-corrected chi connectivity index (χ1v) is 7.51. The quantitative estimate of drug-likeness (QED) is 0.758. The Bertz CT molecular complexity index is 380. The molecule has 2 nitrogen and oxygen atoms in total. The Morgan fingerprint density at radius 2 is 2.24 bits per heavy atom. The summed E-state index contributed by atoms with van der Waals surface area (Å²) in [5.41, 5.74) is 1.24. The van der Waals surface area contributed by atoms with Gasteiger partial charge in [0.25, 0.3) is 0 Å². The molecule has 0 amide bonds. The van der Waals surface area contributed by atoms with Crippen LogP contribution in [0.1, 0.15) is 25.3 Å². The molecule has 1 aliphatic rings. The number of hydrogen-bond donors (Lipinski definition) is 2. The fourth-order valence-corrected chi connectivity index (χ4v) is 2.18. The summed E-state index contributed by atoms with van der Waals surface area (Å²) in [6, 6.07) is 7.51. The van der Waals surface area contributed by atoms with Crippen LogP contribution in [-0.4, -0.2) is 18.6 Å². The standard InChI is InChI=1S/C13H18ClIN2/c1-9(7-17-11-3-4-11)16-8-10-2-5-13(15)12(14)6-10/h2,5-6,9,11,16-17H,3-4,7-8H2,1H3. The van der Waals surface area contributed by atoms with Crippen molar-refractivity contribution in [3.8, 4) is 0 Å². The van der Waals surface area contributed by atoms with Crippen LogP contribution in [0.15, 0.2) is 18.2 Å². The van der Waals surface area contributed by atoms with E-state index in [1.54, 1.807) is 0 Å². The molecule has 1 aromatic rings. The van der Waals surface area contributed by atoms with Crippen LogP contribution in [0.2, 0.25) is 5.02 Å². The molecular formula is C13H18ClIN2. The van der Waals surface area contributed by atoms with Crippen molar-refractivity contribution < 1.29 is 0 Å². The highest BCUT2D eigenvalue weighted by molar-refractivity contribution is 14.1. The lowest BCUT2D eigenvalue weighted by molar-refractivity contribution is 0.500. The highest BCUT2D eigenvalue weighted by Crippen LogP contribution is 2.20. The lowest BCUT2D eigenvalue weighted by Gasteiger charge is -2.14. The minimum absolute atomic E-state index is 0.494. The third kappa shape index (κ3) is 4.73. The monoisotopic (exact) mass is 364 g/mol. The lowest BCUT2D eigenvalue weighted by Crippen LogP contribution is -2.36. The first-order valence-electron chi connectivity index (χ1n) is 6.06. The molecule has 1 unspecified atom stereocenters. The first kappa shape index (κ1) is 13.6. The Kier molecular flexibility index (Phi) is 5.09.